The fraction of sp³-hybridized carbons (Fsp3) is 0.500. The van der Waals surface area contributed by atoms with Gasteiger partial charge in [0.2, 0.25) is 11.7 Å². The highest BCUT2D eigenvalue weighted by atomic mass is 16.5. The van der Waals surface area contributed by atoms with Gasteiger partial charge in [-0.1, -0.05) is 6.92 Å². The second kappa shape index (κ2) is 10.7. The summed E-state index contributed by atoms with van der Waals surface area (Å²) in [7, 11) is 4.72. The molecule has 0 atom stereocenters. The lowest BCUT2D eigenvalue weighted by atomic mass is 9.96. The van der Waals surface area contributed by atoms with Crippen molar-refractivity contribution >= 4 is 23.2 Å². The van der Waals surface area contributed by atoms with Crippen LogP contribution in [0.15, 0.2) is 24.3 Å². The fourth-order valence-electron chi connectivity index (χ4n) is 3.63. The number of aromatic nitrogens is 2. The predicted octanol–water partition coefficient (Wildman–Crippen LogP) is 2.99. The van der Waals surface area contributed by atoms with Crippen molar-refractivity contribution in [2.24, 2.45) is 5.92 Å². The zero-order chi connectivity index (χ0) is 22.2. The van der Waals surface area contributed by atoms with Crippen molar-refractivity contribution in [2.45, 2.75) is 26.2 Å². The molecule has 9 heteroatoms. The smallest absolute Gasteiger partial charge is 0.223 e. The minimum atomic E-state index is 0.0803. The third-order valence-corrected chi connectivity index (χ3v) is 5.33. The quantitative estimate of drug-likeness (QED) is 0.628. The molecule has 9 nitrogen and oxygen atoms in total. The van der Waals surface area contributed by atoms with Gasteiger partial charge in [0, 0.05) is 43.4 Å². The summed E-state index contributed by atoms with van der Waals surface area (Å²) in [5.41, 5.74) is 0.746. The highest BCUT2D eigenvalue weighted by Crippen LogP contribution is 2.40. The third-order valence-electron chi connectivity index (χ3n) is 5.33. The van der Waals surface area contributed by atoms with Crippen LogP contribution in [0.25, 0.3) is 0 Å². The van der Waals surface area contributed by atoms with Crippen LogP contribution in [0.1, 0.15) is 26.2 Å². The Kier molecular flexibility index (Phi) is 7.75. The minimum absolute atomic E-state index is 0.0803. The normalized spacial score (nSPS) is 14.1. The molecule has 0 unspecified atom stereocenters. The number of hydrogen-bond acceptors (Lipinski definition) is 8. The van der Waals surface area contributed by atoms with Crippen LogP contribution >= 0.6 is 0 Å². The van der Waals surface area contributed by atoms with Crippen LogP contribution in [0.3, 0.4) is 0 Å². The van der Waals surface area contributed by atoms with E-state index < -0.39 is 0 Å². The van der Waals surface area contributed by atoms with Crippen molar-refractivity contribution in [1.82, 2.24) is 15.5 Å². The monoisotopic (exact) mass is 429 g/mol. The van der Waals surface area contributed by atoms with Gasteiger partial charge < -0.3 is 29.7 Å². The van der Waals surface area contributed by atoms with Crippen LogP contribution in [0.5, 0.6) is 17.2 Å². The number of hydrogen-bond donors (Lipinski definition) is 2. The molecule has 1 aliphatic rings. The van der Waals surface area contributed by atoms with Crippen LogP contribution in [0.2, 0.25) is 0 Å². The summed E-state index contributed by atoms with van der Waals surface area (Å²) in [4.78, 5) is 14.3. The van der Waals surface area contributed by atoms with Gasteiger partial charge in [0.05, 0.1) is 21.3 Å². The van der Waals surface area contributed by atoms with Gasteiger partial charge in [0.25, 0.3) is 0 Å². The molecule has 0 spiro atoms. The molecule has 2 heterocycles. The van der Waals surface area contributed by atoms with E-state index in [1.165, 1.54) is 0 Å². The first kappa shape index (κ1) is 22.5. The van der Waals surface area contributed by atoms with E-state index in [1.807, 2.05) is 24.3 Å². The van der Waals surface area contributed by atoms with Crippen LogP contribution in [0.4, 0.5) is 17.3 Å². The van der Waals surface area contributed by atoms with Crippen molar-refractivity contribution in [3.8, 4) is 17.2 Å². The number of methoxy groups -OCH3 is 3. The van der Waals surface area contributed by atoms with Gasteiger partial charge in [0.15, 0.2) is 23.1 Å². The number of amides is 1. The van der Waals surface area contributed by atoms with E-state index in [0.717, 1.165) is 50.4 Å². The molecule has 1 fully saturated rings. The molecule has 3 rings (SSSR count). The molecule has 2 N–H and O–H groups in total. The molecule has 168 valence electrons. The third kappa shape index (κ3) is 5.48. The Balaban J connectivity index is 1.62. The SMILES string of the molecule is CCCNC(=O)C1CCN(c2ccc(Nc3cc(OC)c(OC)c(OC)c3)nn2)CC1. The van der Waals surface area contributed by atoms with Crippen molar-refractivity contribution in [3.63, 3.8) is 0 Å². The van der Waals surface area contributed by atoms with Gasteiger partial charge in [-0.05, 0) is 31.4 Å². The summed E-state index contributed by atoms with van der Waals surface area (Å²) in [5.74, 6) is 3.30. The van der Waals surface area contributed by atoms with E-state index in [-0.39, 0.29) is 11.8 Å². The maximum absolute atomic E-state index is 12.2. The van der Waals surface area contributed by atoms with Gasteiger partial charge in [-0.3, -0.25) is 4.79 Å². The molecule has 1 aromatic heterocycles. The first-order valence-electron chi connectivity index (χ1n) is 10.5. The summed E-state index contributed by atoms with van der Waals surface area (Å²) in [6.07, 6.45) is 2.60. The summed E-state index contributed by atoms with van der Waals surface area (Å²) in [5, 5.41) is 14.9. The Bertz CT molecular complexity index is 842. The van der Waals surface area contributed by atoms with E-state index in [9.17, 15) is 4.79 Å². The fourth-order valence-corrected chi connectivity index (χ4v) is 3.63. The second-order valence-corrected chi connectivity index (χ2v) is 7.37. The van der Waals surface area contributed by atoms with Gasteiger partial charge in [-0.25, -0.2) is 0 Å². The van der Waals surface area contributed by atoms with Crippen LogP contribution in [-0.4, -0.2) is 57.1 Å². The van der Waals surface area contributed by atoms with E-state index in [4.69, 9.17) is 14.2 Å². The topological polar surface area (TPSA) is 97.8 Å². The van der Waals surface area contributed by atoms with Crippen LogP contribution in [0, 0.1) is 5.92 Å². The largest absolute Gasteiger partial charge is 0.493 e. The van der Waals surface area contributed by atoms with E-state index in [0.29, 0.717) is 23.1 Å². The zero-order valence-corrected chi connectivity index (χ0v) is 18.6. The number of nitrogens with zero attached hydrogens (tertiary/aromatic N) is 3. The summed E-state index contributed by atoms with van der Waals surface area (Å²) in [6, 6.07) is 7.44. The number of carbonyl (C=O) groups is 1. The Morgan fingerprint density at radius 2 is 1.74 bits per heavy atom. The molecule has 0 bridgehead atoms. The van der Waals surface area contributed by atoms with E-state index in [2.05, 4.69) is 32.7 Å². The lowest BCUT2D eigenvalue weighted by Gasteiger charge is -2.31. The number of carbonyl (C=O) groups excluding carboxylic acids is 1. The molecule has 1 saturated heterocycles. The molecular formula is C22H31N5O4. The van der Waals surface area contributed by atoms with Gasteiger partial charge in [0.1, 0.15) is 0 Å². The van der Waals surface area contributed by atoms with Gasteiger partial charge >= 0.3 is 0 Å². The summed E-state index contributed by atoms with van der Waals surface area (Å²) >= 11 is 0. The first-order chi connectivity index (χ1) is 15.1. The minimum Gasteiger partial charge on any atom is -0.493 e. The van der Waals surface area contributed by atoms with Gasteiger partial charge in [-0.15, -0.1) is 10.2 Å². The van der Waals surface area contributed by atoms with Crippen molar-refractivity contribution < 1.29 is 19.0 Å². The second-order valence-electron chi connectivity index (χ2n) is 7.37. The number of nitrogens with one attached hydrogen (secondary N) is 2. The molecule has 0 radical (unpaired) electrons. The van der Waals surface area contributed by atoms with Crippen molar-refractivity contribution in [3.05, 3.63) is 24.3 Å². The Morgan fingerprint density at radius 3 is 2.26 bits per heavy atom. The molecule has 1 aromatic carbocycles. The van der Waals surface area contributed by atoms with Crippen molar-refractivity contribution in [2.75, 3.05) is 51.2 Å². The van der Waals surface area contributed by atoms with E-state index >= 15 is 0 Å². The van der Waals surface area contributed by atoms with E-state index in [1.54, 1.807) is 21.3 Å². The number of ether oxygens (including phenoxy) is 3. The molecule has 1 aliphatic heterocycles. The zero-order valence-electron chi connectivity index (χ0n) is 18.6. The lowest BCUT2D eigenvalue weighted by molar-refractivity contribution is -0.125. The number of rotatable bonds is 9. The van der Waals surface area contributed by atoms with Crippen LogP contribution in [-0.2, 0) is 4.79 Å². The summed E-state index contributed by atoms with van der Waals surface area (Å²) in [6.45, 7) is 4.38. The molecule has 31 heavy (non-hydrogen) atoms. The molecule has 2 aromatic rings. The Hall–Kier alpha value is -3.23. The Morgan fingerprint density at radius 1 is 1.06 bits per heavy atom. The Labute approximate surface area is 183 Å². The van der Waals surface area contributed by atoms with Crippen LogP contribution < -0.4 is 29.7 Å². The average Bonchev–Trinajstić information content (AvgIpc) is 2.82. The average molecular weight is 430 g/mol. The number of piperidine rings is 1. The molecular weight excluding hydrogens is 398 g/mol. The molecule has 0 saturated carbocycles. The first-order valence-corrected chi connectivity index (χ1v) is 10.5. The van der Waals surface area contributed by atoms with Gasteiger partial charge in [-0.2, -0.15) is 0 Å². The predicted molar refractivity (Wildman–Crippen MR) is 120 cm³/mol. The highest BCUT2D eigenvalue weighted by molar-refractivity contribution is 5.79. The number of benzene rings is 1. The molecule has 0 aliphatic carbocycles. The van der Waals surface area contributed by atoms with Crippen molar-refractivity contribution in [1.29, 1.82) is 0 Å². The maximum Gasteiger partial charge on any atom is 0.223 e. The number of anilines is 3. The lowest BCUT2D eigenvalue weighted by Crippen LogP contribution is -2.41. The standard InChI is InChI=1S/C22H31N5O4/c1-5-10-23-22(28)15-8-11-27(12-9-15)20-7-6-19(25-26-20)24-16-13-17(29-2)21(31-4)18(14-16)30-3/h6-7,13-15H,5,8-12H2,1-4H3,(H,23,28)(H,24,25). The molecule has 1 amide bonds. The maximum atomic E-state index is 12.2. The summed E-state index contributed by atoms with van der Waals surface area (Å²) < 4.78 is 16.1. The highest BCUT2D eigenvalue weighted by Gasteiger charge is 2.25.